The van der Waals surface area contributed by atoms with Gasteiger partial charge in [0.1, 0.15) is 0 Å². The zero-order chi connectivity index (χ0) is 17.8. The van der Waals surface area contributed by atoms with Crippen molar-refractivity contribution in [2.75, 3.05) is 0 Å². The summed E-state index contributed by atoms with van der Waals surface area (Å²) in [6.07, 6.45) is 4.89. The number of rotatable bonds is 6. The normalized spacial score (nSPS) is 10.9. The van der Waals surface area contributed by atoms with E-state index in [0.717, 1.165) is 27.6 Å². The van der Waals surface area contributed by atoms with Crippen molar-refractivity contribution >= 4 is 22.2 Å². The van der Waals surface area contributed by atoms with E-state index >= 15 is 0 Å². The van der Waals surface area contributed by atoms with Gasteiger partial charge in [-0.1, -0.05) is 36.4 Å². The minimum absolute atomic E-state index is 0.0263. The maximum atomic E-state index is 12.1. The third kappa shape index (κ3) is 3.65. The molecule has 4 aromatic rings. The number of hydrogen-bond acceptors (Lipinski definition) is 4. The van der Waals surface area contributed by atoms with Crippen LogP contribution >= 0.6 is 11.3 Å². The highest BCUT2D eigenvalue weighted by molar-refractivity contribution is 7.15. The van der Waals surface area contributed by atoms with Crippen LogP contribution in [0.25, 0.3) is 16.2 Å². The molecule has 5 nitrogen and oxygen atoms in total. The Bertz CT molecular complexity index is 1010. The molecule has 1 N–H and O–H groups in total. The lowest BCUT2D eigenvalue weighted by atomic mass is 10.2. The van der Waals surface area contributed by atoms with Crippen molar-refractivity contribution in [1.29, 1.82) is 0 Å². The summed E-state index contributed by atoms with van der Waals surface area (Å²) < 4.78 is 2.08. The Labute approximate surface area is 155 Å². The van der Waals surface area contributed by atoms with E-state index < -0.39 is 0 Å². The summed E-state index contributed by atoms with van der Waals surface area (Å²) in [7, 11) is 0. The van der Waals surface area contributed by atoms with Crippen LogP contribution in [-0.2, 0) is 17.8 Å². The monoisotopic (exact) mass is 362 g/mol. The smallest absolute Gasteiger partial charge is 0.220 e. The summed E-state index contributed by atoms with van der Waals surface area (Å²) in [5.74, 6) is 0.0263. The van der Waals surface area contributed by atoms with Gasteiger partial charge in [-0.2, -0.15) is 0 Å². The van der Waals surface area contributed by atoms with Crippen molar-refractivity contribution in [3.8, 4) is 11.3 Å². The molecule has 4 rings (SSSR count). The molecule has 1 aromatic carbocycles. The van der Waals surface area contributed by atoms with Crippen LogP contribution in [0.1, 0.15) is 17.8 Å². The second-order valence-electron chi connectivity index (χ2n) is 5.97. The fourth-order valence-corrected chi connectivity index (χ4v) is 3.69. The molecule has 26 heavy (non-hydrogen) atoms. The van der Waals surface area contributed by atoms with Gasteiger partial charge in [0, 0.05) is 35.5 Å². The molecule has 0 spiro atoms. The predicted molar refractivity (Wildman–Crippen MR) is 103 cm³/mol. The molecule has 3 aromatic heterocycles. The van der Waals surface area contributed by atoms with Crippen LogP contribution < -0.4 is 5.32 Å². The Kier molecular flexibility index (Phi) is 4.75. The molecule has 0 aliphatic heterocycles. The number of nitrogens with one attached hydrogen (secondary N) is 1. The van der Waals surface area contributed by atoms with Gasteiger partial charge in [0.25, 0.3) is 0 Å². The van der Waals surface area contributed by atoms with Crippen LogP contribution in [0.15, 0.2) is 66.3 Å². The molecular formula is C20H18N4OS. The van der Waals surface area contributed by atoms with E-state index in [1.165, 1.54) is 0 Å². The molecule has 1 amide bonds. The van der Waals surface area contributed by atoms with Crippen molar-refractivity contribution < 1.29 is 4.79 Å². The van der Waals surface area contributed by atoms with Crippen LogP contribution in [0.4, 0.5) is 0 Å². The molecule has 0 aliphatic rings. The number of fused-ring (bicyclic) bond motifs is 1. The first-order valence-corrected chi connectivity index (χ1v) is 9.35. The number of thiazole rings is 1. The number of amides is 1. The molecule has 3 heterocycles. The van der Waals surface area contributed by atoms with Crippen molar-refractivity contribution in [1.82, 2.24) is 19.7 Å². The Hall–Kier alpha value is -2.99. The number of benzene rings is 1. The minimum atomic E-state index is 0.0263. The Morgan fingerprint density at radius 3 is 2.77 bits per heavy atom. The van der Waals surface area contributed by atoms with E-state index in [0.29, 0.717) is 19.4 Å². The van der Waals surface area contributed by atoms with Gasteiger partial charge in [-0.25, -0.2) is 4.98 Å². The van der Waals surface area contributed by atoms with Gasteiger partial charge < -0.3 is 5.32 Å². The highest BCUT2D eigenvalue weighted by Gasteiger charge is 2.11. The van der Waals surface area contributed by atoms with Gasteiger partial charge >= 0.3 is 0 Å². The highest BCUT2D eigenvalue weighted by atomic mass is 32.1. The van der Waals surface area contributed by atoms with Gasteiger partial charge in [-0.15, -0.1) is 11.3 Å². The first kappa shape index (κ1) is 16.5. The summed E-state index contributed by atoms with van der Waals surface area (Å²) in [6, 6.07) is 15.8. The summed E-state index contributed by atoms with van der Waals surface area (Å²) >= 11 is 1.60. The Balaban J connectivity index is 1.39. The minimum Gasteiger partial charge on any atom is -0.350 e. The van der Waals surface area contributed by atoms with E-state index in [-0.39, 0.29) is 5.91 Å². The first-order chi connectivity index (χ1) is 12.8. The first-order valence-electron chi connectivity index (χ1n) is 8.47. The van der Waals surface area contributed by atoms with E-state index in [4.69, 9.17) is 0 Å². The lowest BCUT2D eigenvalue weighted by molar-refractivity contribution is -0.121. The third-order valence-electron chi connectivity index (χ3n) is 4.15. The average Bonchev–Trinajstić information content (AvgIpc) is 3.27. The second kappa shape index (κ2) is 7.49. The molecule has 6 heteroatoms. The number of hydrogen-bond donors (Lipinski definition) is 1. The number of nitrogens with zero attached hydrogens (tertiary/aromatic N) is 3. The van der Waals surface area contributed by atoms with Gasteiger partial charge in [0.15, 0.2) is 4.96 Å². The van der Waals surface area contributed by atoms with Crippen LogP contribution in [-0.4, -0.2) is 20.3 Å². The maximum absolute atomic E-state index is 12.1. The number of carbonyl (C=O) groups excluding carboxylic acids is 1. The van der Waals surface area contributed by atoms with Crippen molar-refractivity contribution in [3.63, 3.8) is 0 Å². The third-order valence-corrected chi connectivity index (χ3v) is 5.04. The molecule has 0 saturated heterocycles. The van der Waals surface area contributed by atoms with Crippen LogP contribution in [0, 0.1) is 0 Å². The molecule has 0 bridgehead atoms. The predicted octanol–water partition coefficient (Wildman–Crippen LogP) is 3.71. The Morgan fingerprint density at radius 1 is 1.12 bits per heavy atom. The number of pyridine rings is 1. The second-order valence-corrected chi connectivity index (χ2v) is 6.81. The molecule has 130 valence electrons. The van der Waals surface area contributed by atoms with Crippen LogP contribution in [0.3, 0.4) is 0 Å². The molecule has 0 aliphatic carbocycles. The molecule has 0 saturated carbocycles. The van der Waals surface area contributed by atoms with Crippen molar-refractivity contribution in [2.45, 2.75) is 19.4 Å². The van der Waals surface area contributed by atoms with Gasteiger partial charge in [-0.3, -0.25) is 14.2 Å². The number of aryl methyl sites for hydroxylation is 1. The fourth-order valence-electron chi connectivity index (χ4n) is 2.78. The van der Waals surface area contributed by atoms with E-state index in [2.05, 4.69) is 37.2 Å². The largest absolute Gasteiger partial charge is 0.350 e. The van der Waals surface area contributed by atoms with Gasteiger partial charge in [0.2, 0.25) is 5.91 Å². The number of carbonyl (C=O) groups is 1. The zero-order valence-electron chi connectivity index (χ0n) is 14.1. The highest BCUT2D eigenvalue weighted by Crippen LogP contribution is 2.24. The van der Waals surface area contributed by atoms with Crippen molar-refractivity contribution in [3.05, 3.63) is 77.7 Å². The molecule has 0 atom stereocenters. The van der Waals surface area contributed by atoms with Crippen LogP contribution in [0.2, 0.25) is 0 Å². The van der Waals surface area contributed by atoms with Gasteiger partial charge in [0.05, 0.1) is 17.9 Å². The lowest BCUT2D eigenvalue weighted by Gasteiger charge is -2.04. The SMILES string of the molecule is O=C(CCc1csc2nc(-c3ccccc3)cn12)NCc1ccccn1. The zero-order valence-corrected chi connectivity index (χ0v) is 14.9. The summed E-state index contributed by atoms with van der Waals surface area (Å²) in [5.41, 5.74) is 4.02. The maximum Gasteiger partial charge on any atom is 0.220 e. The summed E-state index contributed by atoms with van der Waals surface area (Å²) in [4.78, 5) is 22.0. The summed E-state index contributed by atoms with van der Waals surface area (Å²) in [6.45, 7) is 0.460. The topological polar surface area (TPSA) is 59.3 Å². The summed E-state index contributed by atoms with van der Waals surface area (Å²) in [5, 5.41) is 4.99. The lowest BCUT2D eigenvalue weighted by Crippen LogP contribution is -2.23. The average molecular weight is 362 g/mol. The van der Waals surface area contributed by atoms with Crippen molar-refractivity contribution in [2.24, 2.45) is 0 Å². The number of imidazole rings is 1. The Morgan fingerprint density at radius 2 is 1.96 bits per heavy atom. The van der Waals surface area contributed by atoms with E-state index in [9.17, 15) is 4.79 Å². The molecular weight excluding hydrogens is 344 g/mol. The van der Waals surface area contributed by atoms with Gasteiger partial charge in [-0.05, 0) is 18.6 Å². The fraction of sp³-hybridized carbons (Fsp3) is 0.150. The standard InChI is InChI=1S/C20H18N4OS/c25-19(22-12-16-8-4-5-11-21-16)10-9-17-14-26-20-23-18(13-24(17)20)15-6-2-1-3-7-15/h1-8,11,13-14H,9-10,12H2,(H,22,25). The molecule has 0 radical (unpaired) electrons. The molecule has 0 unspecified atom stereocenters. The van der Waals surface area contributed by atoms with E-state index in [1.807, 2.05) is 42.6 Å². The number of aromatic nitrogens is 3. The van der Waals surface area contributed by atoms with E-state index in [1.54, 1.807) is 17.5 Å². The quantitative estimate of drug-likeness (QED) is 0.569. The molecule has 0 fully saturated rings. The van der Waals surface area contributed by atoms with Crippen LogP contribution in [0.5, 0.6) is 0 Å².